The third kappa shape index (κ3) is 5.94. The number of urea groups is 1. The van der Waals surface area contributed by atoms with E-state index in [0.717, 1.165) is 4.90 Å². The van der Waals surface area contributed by atoms with Crippen molar-refractivity contribution in [2.24, 2.45) is 5.92 Å². The number of carbonyl (C=O) groups is 3. The summed E-state index contributed by atoms with van der Waals surface area (Å²) >= 11 is 6.26. The van der Waals surface area contributed by atoms with E-state index in [-0.39, 0.29) is 10.9 Å². The Hall–Kier alpha value is -3.54. The lowest BCUT2D eigenvalue weighted by molar-refractivity contribution is -0.135. The number of rotatable bonds is 10. The van der Waals surface area contributed by atoms with Gasteiger partial charge in [-0.05, 0) is 41.8 Å². The van der Waals surface area contributed by atoms with Crippen LogP contribution in [0.3, 0.4) is 0 Å². The van der Waals surface area contributed by atoms with Gasteiger partial charge in [0.15, 0.2) is 0 Å². The van der Waals surface area contributed by atoms with Gasteiger partial charge in [-0.3, -0.25) is 9.59 Å². The molecule has 2 N–H and O–H groups in total. The van der Waals surface area contributed by atoms with Gasteiger partial charge in [-0.1, -0.05) is 49.9 Å². The summed E-state index contributed by atoms with van der Waals surface area (Å²) in [5, 5.41) is 5.70. The van der Waals surface area contributed by atoms with Gasteiger partial charge in [-0.25, -0.2) is 9.69 Å². The summed E-state index contributed by atoms with van der Waals surface area (Å²) in [6, 6.07) is 9.07. The van der Waals surface area contributed by atoms with E-state index >= 15 is 0 Å². The number of amides is 4. The third-order valence-electron chi connectivity index (χ3n) is 5.86. The standard InChI is InChI=1S/C26H28ClN3O5/c1-5-16(3)23(24(31)28-21-12-7-17(6-2)15-20(21)27)30-25(32)22(29-26(30)33)18-8-10-19(11-9-18)35-14-13-34-4/h2,7-12,15-16,22-23H,5,13-14H2,1,3-4H3,(H,28,31)(H,29,33)/t16-,22+,23?/m0/s1. The van der Waals surface area contributed by atoms with Gasteiger partial charge in [0, 0.05) is 12.7 Å². The molecule has 0 aromatic heterocycles. The minimum Gasteiger partial charge on any atom is -0.491 e. The van der Waals surface area contributed by atoms with Crippen LogP contribution in [0.5, 0.6) is 5.75 Å². The summed E-state index contributed by atoms with van der Waals surface area (Å²) in [6.45, 7) is 4.54. The van der Waals surface area contributed by atoms with Crippen molar-refractivity contribution in [3.8, 4) is 18.1 Å². The first-order valence-electron chi connectivity index (χ1n) is 11.2. The molecular weight excluding hydrogens is 470 g/mol. The summed E-state index contributed by atoms with van der Waals surface area (Å²) < 4.78 is 10.5. The maximum atomic E-state index is 13.3. The van der Waals surface area contributed by atoms with Crippen molar-refractivity contribution >= 4 is 35.1 Å². The highest BCUT2D eigenvalue weighted by Crippen LogP contribution is 2.30. The molecule has 1 fully saturated rings. The van der Waals surface area contributed by atoms with Gasteiger partial charge >= 0.3 is 6.03 Å². The lowest BCUT2D eigenvalue weighted by Gasteiger charge is -2.29. The number of hydrogen-bond acceptors (Lipinski definition) is 5. The van der Waals surface area contributed by atoms with Gasteiger partial charge in [0.2, 0.25) is 5.91 Å². The highest BCUT2D eigenvalue weighted by atomic mass is 35.5. The van der Waals surface area contributed by atoms with Gasteiger partial charge in [-0.15, -0.1) is 6.42 Å². The predicted octanol–water partition coefficient (Wildman–Crippen LogP) is 3.99. The van der Waals surface area contributed by atoms with Crippen LogP contribution in [0.4, 0.5) is 10.5 Å². The fourth-order valence-electron chi connectivity index (χ4n) is 3.75. The Morgan fingerprint density at radius 1 is 1.23 bits per heavy atom. The molecule has 1 aliphatic heterocycles. The second-order valence-corrected chi connectivity index (χ2v) is 8.57. The first-order chi connectivity index (χ1) is 16.8. The number of benzene rings is 2. The van der Waals surface area contributed by atoms with Crippen LogP contribution >= 0.6 is 11.6 Å². The molecule has 9 heteroatoms. The van der Waals surface area contributed by atoms with Crippen LogP contribution in [0, 0.1) is 18.3 Å². The molecule has 0 bridgehead atoms. The van der Waals surface area contributed by atoms with Crippen LogP contribution in [0.2, 0.25) is 5.02 Å². The molecule has 184 valence electrons. The Morgan fingerprint density at radius 3 is 2.54 bits per heavy atom. The van der Waals surface area contributed by atoms with Gasteiger partial charge in [0.05, 0.1) is 17.3 Å². The van der Waals surface area contributed by atoms with Gasteiger partial charge in [0.1, 0.15) is 24.4 Å². The SMILES string of the molecule is C#Cc1ccc(NC(=O)C([C@@H](C)CC)N2C(=O)N[C@H](c3ccc(OCCOC)cc3)C2=O)c(Cl)c1. The fourth-order valence-corrected chi connectivity index (χ4v) is 3.98. The number of hydrogen-bond donors (Lipinski definition) is 2. The van der Waals surface area contributed by atoms with Crippen LogP contribution in [0.15, 0.2) is 42.5 Å². The second-order valence-electron chi connectivity index (χ2n) is 8.16. The lowest BCUT2D eigenvalue weighted by atomic mass is 9.96. The maximum absolute atomic E-state index is 13.3. The average molecular weight is 498 g/mol. The van der Waals surface area contributed by atoms with E-state index in [1.165, 1.54) is 0 Å². The van der Waals surface area contributed by atoms with Crippen LogP contribution in [0.1, 0.15) is 37.4 Å². The predicted molar refractivity (Wildman–Crippen MR) is 133 cm³/mol. The molecule has 4 amide bonds. The monoisotopic (exact) mass is 497 g/mol. The largest absolute Gasteiger partial charge is 0.491 e. The third-order valence-corrected chi connectivity index (χ3v) is 6.18. The number of ether oxygens (including phenoxy) is 2. The molecular formula is C26H28ClN3O5. The number of methoxy groups -OCH3 is 1. The van der Waals surface area contributed by atoms with E-state index in [2.05, 4.69) is 16.6 Å². The highest BCUT2D eigenvalue weighted by molar-refractivity contribution is 6.34. The average Bonchev–Trinajstić information content (AvgIpc) is 3.14. The smallest absolute Gasteiger partial charge is 0.325 e. The molecule has 3 rings (SSSR count). The zero-order valence-corrected chi connectivity index (χ0v) is 20.6. The minimum absolute atomic E-state index is 0.264. The normalized spacial score (nSPS) is 16.9. The molecule has 8 nitrogen and oxygen atoms in total. The van der Waals surface area contributed by atoms with E-state index in [4.69, 9.17) is 27.5 Å². The van der Waals surface area contributed by atoms with Crippen LogP contribution < -0.4 is 15.4 Å². The summed E-state index contributed by atoms with van der Waals surface area (Å²) in [5.41, 5.74) is 1.50. The van der Waals surface area contributed by atoms with Crippen molar-refractivity contribution in [1.29, 1.82) is 0 Å². The molecule has 1 aliphatic rings. The van der Waals surface area contributed by atoms with Crippen LogP contribution in [-0.4, -0.2) is 49.1 Å². The van der Waals surface area contributed by atoms with Gasteiger partial charge in [0.25, 0.3) is 5.91 Å². The number of anilines is 1. The van der Waals surface area contributed by atoms with E-state index in [9.17, 15) is 14.4 Å². The van der Waals surface area contributed by atoms with Crippen molar-refractivity contribution in [3.05, 3.63) is 58.6 Å². The Balaban J connectivity index is 1.80. The second kappa shape index (κ2) is 11.7. The molecule has 0 radical (unpaired) electrons. The topological polar surface area (TPSA) is 97.0 Å². The molecule has 1 heterocycles. The quantitative estimate of drug-likeness (QED) is 0.294. The Bertz CT molecular complexity index is 1130. The maximum Gasteiger partial charge on any atom is 0.325 e. The van der Waals surface area contributed by atoms with E-state index in [0.29, 0.717) is 42.2 Å². The zero-order valence-electron chi connectivity index (χ0n) is 19.8. The summed E-state index contributed by atoms with van der Waals surface area (Å²) in [4.78, 5) is 40.6. The summed E-state index contributed by atoms with van der Waals surface area (Å²) in [7, 11) is 1.59. The molecule has 35 heavy (non-hydrogen) atoms. The number of nitrogens with one attached hydrogen (secondary N) is 2. The zero-order chi connectivity index (χ0) is 25.5. The van der Waals surface area contributed by atoms with Crippen molar-refractivity contribution in [1.82, 2.24) is 10.2 Å². The van der Waals surface area contributed by atoms with Crippen molar-refractivity contribution in [3.63, 3.8) is 0 Å². The van der Waals surface area contributed by atoms with Crippen molar-refractivity contribution < 1.29 is 23.9 Å². The van der Waals surface area contributed by atoms with Crippen molar-refractivity contribution in [2.75, 3.05) is 25.6 Å². The van der Waals surface area contributed by atoms with Gasteiger partial charge in [-0.2, -0.15) is 0 Å². The molecule has 0 saturated carbocycles. The number of terminal acetylenes is 1. The first kappa shape index (κ1) is 26.1. The molecule has 1 unspecified atom stereocenters. The minimum atomic E-state index is -1.03. The Labute approximate surface area is 209 Å². The lowest BCUT2D eigenvalue weighted by Crippen LogP contribution is -2.51. The molecule has 1 saturated heterocycles. The van der Waals surface area contributed by atoms with Crippen LogP contribution in [-0.2, 0) is 14.3 Å². The van der Waals surface area contributed by atoms with Crippen molar-refractivity contribution in [2.45, 2.75) is 32.4 Å². The first-order valence-corrected chi connectivity index (χ1v) is 11.6. The molecule has 0 aliphatic carbocycles. The Morgan fingerprint density at radius 2 is 1.94 bits per heavy atom. The van der Waals surface area contributed by atoms with Gasteiger partial charge < -0.3 is 20.1 Å². The van der Waals surface area contributed by atoms with E-state index in [1.807, 2.05) is 13.8 Å². The van der Waals surface area contributed by atoms with Crippen LogP contribution in [0.25, 0.3) is 0 Å². The molecule has 3 atom stereocenters. The summed E-state index contributed by atoms with van der Waals surface area (Å²) in [6.07, 6.45) is 5.96. The highest BCUT2D eigenvalue weighted by Gasteiger charge is 2.46. The number of carbonyl (C=O) groups excluding carboxylic acids is 3. The number of imide groups is 1. The fraction of sp³-hybridized carbons (Fsp3) is 0.346. The molecule has 2 aromatic carbocycles. The van der Waals surface area contributed by atoms with E-state index in [1.54, 1.807) is 49.6 Å². The van der Waals surface area contributed by atoms with E-state index < -0.39 is 29.9 Å². The Kier molecular flexibility index (Phi) is 8.74. The number of halogens is 1. The summed E-state index contributed by atoms with van der Waals surface area (Å²) in [5.74, 6) is 1.77. The number of nitrogens with zero attached hydrogens (tertiary/aromatic N) is 1. The molecule has 0 spiro atoms. The molecule has 2 aromatic rings.